The number of carbonyl (C=O) groups excluding carboxylic acids is 1. The van der Waals surface area contributed by atoms with Gasteiger partial charge in [-0.25, -0.2) is 0 Å². The molecule has 1 heterocycles. The molecular weight excluding hydrogens is 234 g/mol. The van der Waals surface area contributed by atoms with Gasteiger partial charge in [-0.2, -0.15) is 15.0 Å². The Labute approximate surface area is 95.6 Å². The van der Waals surface area contributed by atoms with Crippen molar-refractivity contribution in [2.75, 3.05) is 17.2 Å². The molecule has 0 unspecified atom stereocenters. The van der Waals surface area contributed by atoms with E-state index in [0.29, 0.717) is 11.6 Å². The number of thioether (sulfide) groups is 2. The Morgan fingerprint density at radius 3 is 2.33 bits per heavy atom. The molecule has 0 aliphatic heterocycles. The zero-order chi connectivity index (χ0) is 11.3. The predicted molar refractivity (Wildman–Crippen MR) is 63.5 cm³/mol. The van der Waals surface area contributed by atoms with Gasteiger partial charge in [-0.1, -0.05) is 30.4 Å². The smallest absolute Gasteiger partial charge is 0.246 e. The van der Waals surface area contributed by atoms with E-state index >= 15 is 0 Å². The van der Waals surface area contributed by atoms with Crippen LogP contribution in [0, 0.1) is 0 Å². The molecule has 1 aromatic heterocycles. The Morgan fingerprint density at radius 2 is 1.80 bits per heavy atom. The van der Waals surface area contributed by atoms with Gasteiger partial charge in [-0.3, -0.25) is 4.79 Å². The minimum absolute atomic E-state index is 0.0371. The fourth-order valence-corrected chi connectivity index (χ4v) is 2.28. The molecule has 15 heavy (non-hydrogen) atoms. The molecule has 6 nitrogen and oxygen atoms in total. The number of hydrogen-bond acceptors (Lipinski definition) is 8. The van der Waals surface area contributed by atoms with Crippen LogP contribution in [-0.2, 0) is 5.75 Å². The molecule has 0 amide bonds. The molecule has 0 aromatic carbocycles. The monoisotopic (exact) mass is 245 g/mol. The fourth-order valence-electron chi connectivity index (χ4n) is 0.804. The molecule has 0 radical (unpaired) electrons. The van der Waals surface area contributed by atoms with E-state index in [1.165, 1.54) is 11.8 Å². The highest BCUT2D eigenvalue weighted by molar-refractivity contribution is 8.38. The number of nitrogen functional groups attached to an aromatic ring is 2. The summed E-state index contributed by atoms with van der Waals surface area (Å²) in [5.41, 5.74) is 10.8. The Hall–Kier alpha value is -1.02. The van der Waals surface area contributed by atoms with Crippen LogP contribution in [0.4, 0.5) is 16.7 Å². The lowest BCUT2D eigenvalue weighted by molar-refractivity contribution is 0.276. The predicted octanol–water partition coefficient (Wildman–Crippen LogP) is 1.14. The maximum Gasteiger partial charge on any atom is 0.246 e. The SMILES string of the molecule is CCSC(=O)SCc1nc(N)nc(N)n1. The van der Waals surface area contributed by atoms with E-state index in [2.05, 4.69) is 15.0 Å². The van der Waals surface area contributed by atoms with Crippen LogP contribution in [0.3, 0.4) is 0 Å². The Morgan fingerprint density at radius 1 is 1.20 bits per heavy atom. The van der Waals surface area contributed by atoms with E-state index in [1.807, 2.05) is 6.92 Å². The molecule has 0 aliphatic carbocycles. The van der Waals surface area contributed by atoms with Crippen LogP contribution >= 0.6 is 23.5 Å². The van der Waals surface area contributed by atoms with Gasteiger partial charge in [0, 0.05) is 0 Å². The van der Waals surface area contributed by atoms with Gasteiger partial charge in [0.05, 0.1) is 5.75 Å². The van der Waals surface area contributed by atoms with Gasteiger partial charge < -0.3 is 11.5 Å². The lowest BCUT2D eigenvalue weighted by atomic mass is 10.7. The molecular formula is C7H11N5OS2. The van der Waals surface area contributed by atoms with Crippen LogP contribution < -0.4 is 11.5 Å². The topological polar surface area (TPSA) is 108 Å². The van der Waals surface area contributed by atoms with Crippen molar-refractivity contribution in [3.05, 3.63) is 5.82 Å². The number of carbonyl (C=O) groups is 1. The van der Waals surface area contributed by atoms with Crippen molar-refractivity contribution in [2.45, 2.75) is 12.7 Å². The number of anilines is 2. The summed E-state index contributed by atoms with van der Waals surface area (Å²) in [6.45, 7) is 1.92. The lowest BCUT2D eigenvalue weighted by Gasteiger charge is -2.00. The van der Waals surface area contributed by atoms with Crippen LogP contribution in [0.1, 0.15) is 12.7 Å². The average Bonchev–Trinajstić information content (AvgIpc) is 2.14. The summed E-state index contributed by atoms with van der Waals surface area (Å²) in [6.07, 6.45) is 0. The maximum absolute atomic E-state index is 11.2. The number of rotatable bonds is 3. The number of nitrogens with two attached hydrogens (primary N) is 2. The minimum atomic E-state index is 0.0371. The van der Waals surface area contributed by atoms with Gasteiger partial charge in [0.2, 0.25) is 16.3 Å². The Bertz CT molecular complexity index is 339. The van der Waals surface area contributed by atoms with Crippen molar-refractivity contribution in [3.63, 3.8) is 0 Å². The van der Waals surface area contributed by atoms with E-state index < -0.39 is 0 Å². The van der Waals surface area contributed by atoms with E-state index in [9.17, 15) is 4.79 Å². The van der Waals surface area contributed by atoms with E-state index in [1.54, 1.807) is 0 Å². The van der Waals surface area contributed by atoms with Gasteiger partial charge in [-0.05, 0) is 5.75 Å². The Kier molecular flexibility index (Phi) is 4.63. The number of hydrogen-bond donors (Lipinski definition) is 2. The summed E-state index contributed by atoms with van der Waals surface area (Å²) in [4.78, 5) is 22.5. The van der Waals surface area contributed by atoms with Crippen LogP contribution in [0.15, 0.2) is 0 Å². The molecule has 0 spiro atoms. The first-order chi connectivity index (χ1) is 7.11. The second-order valence-electron chi connectivity index (χ2n) is 2.44. The van der Waals surface area contributed by atoms with Gasteiger partial charge in [0.15, 0.2) is 0 Å². The standard InChI is InChI=1S/C7H11N5OS2/c1-2-14-7(13)15-3-4-10-5(8)12-6(9)11-4/h2-3H2,1H3,(H4,8,9,10,11,12). The average molecular weight is 245 g/mol. The Balaban J connectivity index is 2.54. The van der Waals surface area contributed by atoms with Crippen LogP contribution in [0.2, 0.25) is 0 Å². The van der Waals surface area contributed by atoms with Gasteiger partial charge >= 0.3 is 0 Å². The summed E-state index contributed by atoms with van der Waals surface area (Å²) >= 11 is 2.38. The minimum Gasteiger partial charge on any atom is -0.368 e. The quantitative estimate of drug-likeness (QED) is 0.816. The summed E-state index contributed by atoms with van der Waals surface area (Å²) in [5, 5.41) is 0. The summed E-state index contributed by atoms with van der Waals surface area (Å²) in [6, 6.07) is 0. The molecule has 0 fully saturated rings. The first kappa shape index (κ1) is 12.1. The van der Waals surface area contributed by atoms with Crippen molar-refractivity contribution >= 4 is 39.9 Å². The molecule has 0 bridgehead atoms. The molecule has 0 saturated heterocycles. The second-order valence-corrected chi connectivity index (χ2v) is 4.88. The molecule has 0 aliphatic rings. The number of aromatic nitrogens is 3. The van der Waals surface area contributed by atoms with Crippen LogP contribution in [-0.4, -0.2) is 25.2 Å². The van der Waals surface area contributed by atoms with Crippen molar-refractivity contribution in [1.29, 1.82) is 0 Å². The maximum atomic E-state index is 11.2. The molecule has 4 N–H and O–H groups in total. The summed E-state index contributed by atoms with van der Waals surface area (Å²) in [5.74, 6) is 1.70. The molecule has 1 rings (SSSR count). The van der Waals surface area contributed by atoms with Crippen LogP contribution in [0.5, 0.6) is 0 Å². The van der Waals surface area contributed by atoms with Gasteiger partial charge in [0.1, 0.15) is 5.82 Å². The van der Waals surface area contributed by atoms with Crippen molar-refractivity contribution in [3.8, 4) is 0 Å². The zero-order valence-corrected chi connectivity index (χ0v) is 9.77. The summed E-state index contributed by atoms with van der Waals surface area (Å²) in [7, 11) is 0. The molecule has 0 atom stereocenters. The third kappa shape index (κ3) is 4.34. The lowest BCUT2D eigenvalue weighted by Crippen LogP contribution is -2.06. The third-order valence-corrected chi connectivity index (χ3v) is 3.17. The highest BCUT2D eigenvalue weighted by Gasteiger charge is 2.06. The van der Waals surface area contributed by atoms with E-state index in [-0.39, 0.29) is 16.3 Å². The van der Waals surface area contributed by atoms with E-state index in [0.717, 1.165) is 17.5 Å². The fraction of sp³-hybridized carbons (Fsp3) is 0.429. The first-order valence-corrected chi connectivity index (χ1v) is 6.14. The normalized spacial score (nSPS) is 10.2. The largest absolute Gasteiger partial charge is 0.368 e. The zero-order valence-electron chi connectivity index (χ0n) is 8.14. The summed E-state index contributed by atoms with van der Waals surface area (Å²) < 4.78 is 0.0371. The van der Waals surface area contributed by atoms with Gasteiger partial charge in [-0.15, -0.1) is 0 Å². The molecule has 8 heteroatoms. The van der Waals surface area contributed by atoms with Crippen molar-refractivity contribution in [1.82, 2.24) is 15.0 Å². The van der Waals surface area contributed by atoms with Crippen molar-refractivity contribution in [2.24, 2.45) is 0 Å². The molecule has 1 aromatic rings. The van der Waals surface area contributed by atoms with E-state index in [4.69, 9.17) is 11.5 Å². The van der Waals surface area contributed by atoms with Crippen LogP contribution in [0.25, 0.3) is 0 Å². The first-order valence-electron chi connectivity index (χ1n) is 4.17. The molecule has 82 valence electrons. The van der Waals surface area contributed by atoms with Crippen molar-refractivity contribution < 1.29 is 4.79 Å². The third-order valence-electron chi connectivity index (χ3n) is 1.30. The highest BCUT2D eigenvalue weighted by Crippen LogP contribution is 2.19. The van der Waals surface area contributed by atoms with Gasteiger partial charge in [0.25, 0.3) is 0 Å². The highest BCUT2D eigenvalue weighted by atomic mass is 32.2. The second kappa shape index (κ2) is 5.76. The molecule has 0 saturated carbocycles. The number of nitrogens with zero attached hydrogens (tertiary/aromatic N) is 3.